The highest BCUT2D eigenvalue weighted by atomic mass is 35.5. The van der Waals surface area contributed by atoms with Gasteiger partial charge in [-0.25, -0.2) is 0 Å². The van der Waals surface area contributed by atoms with E-state index in [0.717, 1.165) is 0 Å². The third-order valence-corrected chi connectivity index (χ3v) is 3.08. The Hall–Kier alpha value is -1.90. The Morgan fingerprint density at radius 1 is 1.33 bits per heavy atom. The van der Waals surface area contributed by atoms with Crippen molar-refractivity contribution in [2.24, 2.45) is 5.73 Å². The van der Waals surface area contributed by atoms with Crippen molar-refractivity contribution in [2.75, 3.05) is 6.54 Å². The Labute approximate surface area is 146 Å². The van der Waals surface area contributed by atoms with Crippen LogP contribution in [0.5, 0.6) is 0 Å². The molecule has 5 N–H and O–H groups in total. The predicted molar refractivity (Wildman–Crippen MR) is 88.9 cm³/mol. The fourth-order valence-corrected chi connectivity index (χ4v) is 1.97. The van der Waals surface area contributed by atoms with Crippen LogP contribution in [0.3, 0.4) is 0 Å². The molecule has 1 amide bonds. The van der Waals surface area contributed by atoms with E-state index in [0.29, 0.717) is 6.08 Å². The molecule has 0 bridgehead atoms. The molecule has 0 aromatic rings. The van der Waals surface area contributed by atoms with Crippen LogP contribution in [0.15, 0.2) is 23.2 Å². The molecule has 0 unspecified atom stereocenters. The van der Waals surface area contributed by atoms with Crippen LogP contribution in [0.2, 0.25) is 0 Å². The lowest BCUT2D eigenvalue weighted by atomic mass is 10.00. The predicted octanol–water partition coefficient (Wildman–Crippen LogP) is 0.461. The van der Waals surface area contributed by atoms with E-state index in [9.17, 15) is 24.6 Å². The summed E-state index contributed by atoms with van der Waals surface area (Å²) in [6, 6.07) is -1.00. The summed E-state index contributed by atoms with van der Waals surface area (Å²) in [5, 5.41) is 21.2. The van der Waals surface area contributed by atoms with Gasteiger partial charge in [0.15, 0.2) is 11.5 Å². The summed E-state index contributed by atoms with van der Waals surface area (Å²) in [7, 11) is 0. The lowest BCUT2D eigenvalue weighted by molar-refractivity contribution is -0.129. The number of nitrogens with two attached hydrogens (primary N) is 1. The standard InChI is InChI=1S/C15H22N2O6.ClH/c1-7(23-15(2,3)4)11(16)14(22)17-6-8-12(20)9(18)5-10(19)13(8)21;/h5,7,11,18,21H,6,16H2,1-4H3,(H,17,22);1H/t7-,11+;/m1./s1. The van der Waals surface area contributed by atoms with Gasteiger partial charge in [0.25, 0.3) is 0 Å². The summed E-state index contributed by atoms with van der Waals surface area (Å²) in [6.07, 6.45) is 0.0307. The van der Waals surface area contributed by atoms with Crippen LogP contribution < -0.4 is 11.1 Å². The SMILES string of the molecule is C[C@@H](OC(C)(C)C)[C@H](N)C(=O)NCC1=C(O)C(=O)C=C(O)C1=O.Cl. The number of allylic oxidation sites excluding steroid dienone is 2. The Balaban J connectivity index is 0.00000529. The first-order valence-electron chi connectivity index (χ1n) is 7.07. The molecule has 0 aromatic carbocycles. The molecule has 0 aliphatic heterocycles. The summed E-state index contributed by atoms with van der Waals surface area (Å²) in [4.78, 5) is 35.0. The van der Waals surface area contributed by atoms with Crippen molar-refractivity contribution in [1.82, 2.24) is 5.32 Å². The molecule has 0 heterocycles. The molecule has 0 saturated heterocycles. The Kier molecular flexibility index (Phi) is 7.62. The van der Waals surface area contributed by atoms with Gasteiger partial charge in [-0.3, -0.25) is 14.4 Å². The van der Waals surface area contributed by atoms with E-state index >= 15 is 0 Å². The third kappa shape index (κ3) is 5.63. The summed E-state index contributed by atoms with van der Waals surface area (Å²) in [6.45, 7) is 6.66. The fraction of sp³-hybridized carbons (Fsp3) is 0.533. The quantitative estimate of drug-likeness (QED) is 0.521. The van der Waals surface area contributed by atoms with Gasteiger partial charge in [0, 0.05) is 6.08 Å². The zero-order chi connectivity index (χ0) is 17.9. The van der Waals surface area contributed by atoms with Crippen LogP contribution in [0.25, 0.3) is 0 Å². The number of carbonyl (C=O) groups excluding carboxylic acids is 3. The molecular weight excluding hydrogens is 340 g/mol. The van der Waals surface area contributed by atoms with Crippen LogP contribution in [0.1, 0.15) is 27.7 Å². The minimum absolute atomic E-state index is 0. The van der Waals surface area contributed by atoms with Crippen molar-refractivity contribution in [3.63, 3.8) is 0 Å². The van der Waals surface area contributed by atoms with Gasteiger partial charge in [0.05, 0.1) is 23.8 Å². The topological polar surface area (TPSA) is 139 Å². The fourth-order valence-electron chi connectivity index (χ4n) is 1.97. The molecule has 0 radical (unpaired) electrons. The van der Waals surface area contributed by atoms with Crippen molar-refractivity contribution >= 4 is 29.9 Å². The van der Waals surface area contributed by atoms with E-state index in [-0.39, 0.29) is 18.0 Å². The zero-order valence-corrected chi connectivity index (χ0v) is 14.8. The lowest BCUT2D eigenvalue weighted by Crippen LogP contribution is -2.50. The van der Waals surface area contributed by atoms with Gasteiger partial charge in [0.1, 0.15) is 6.04 Å². The zero-order valence-electron chi connectivity index (χ0n) is 14.0. The number of carbonyl (C=O) groups is 3. The van der Waals surface area contributed by atoms with Gasteiger partial charge in [-0.05, 0) is 27.7 Å². The molecule has 0 aromatic heterocycles. The van der Waals surface area contributed by atoms with E-state index in [4.69, 9.17) is 10.5 Å². The highest BCUT2D eigenvalue weighted by molar-refractivity contribution is 6.21. The molecular formula is C15H23ClN2O6. The van der Waals surface area contributed by atoms with Gasteiger partial charge in [-0.1, -0.05) is 0 Å². The average molecular weight is 363 g/mol. The van der Waals surface area contributed by atoms with E-state index in [1.165, 1.54) is 0 Å². The van der Waals surface area contributed by atoms with E-state index in [1.807, 2.05) is 20.8 Å². The molecule has 0 spiro atoms. The van der Waals surface area contributed by atoms with Gasteiger partial charge in [-0.2, -0.15) is 0 Å². The lowest BCUT2D eigenvalue weighted by Gasteiger charge is -2.28. The second-order valence-electron chi connectivity index (χ2n) is 6.23. The number of Topliss-reactive ketones (excluding diaryl/α,β-unsaturated/α-hetero) is 1. The molecule has 1 aliphatic rings. The molecule has 136 valence electrons. The summed E-state index contributed by atoms with van der Waals surface area (Å²) in [5.74, 6) is -4.03. The number of rotatable bonds is 5. The summed E-state index contributed by atoms with van der Waals surface area (Å²) < 4.78 is 5.57. The highest BCUT2D eigenvalue weighted by Crippen LogP contribution is 2.16. The molecule has 8 nitrogen and oxygen atoms in total. The smallest absolute Gasteiger partial charge is 0.239 e. The normalized spacial score (nSPS) is 17.8. The van der Waals surface area contributed by atoms with Crippen molar-refractivity contribution in [2.45, 2.75) is 45.4 Å². The first-order valence-corrected chi connectivity index (χ1v) is 7.07. The maximum absolute atomic E-state index is 12.0. The van der Waals surface area contributed by atoms with Gasteiger partial charge in [-0.15, -0.1) is 12.4 Å². The number of ketones is 2. The summed E-state index contributed by atoms with van der Waals surface area (Å²) >= 11 is 0. The first kappa shape index (κ1) is 22.1. The first-order chi connectivity index (χ1) is 10.4. The molecule has 9 heteroatoms. The van der Waals surface area contributed by atoms with Crippen LogP contribution >= 0.6 is 12.4 Å². The number of hydrogen-bond donors (Lipinski definition) is 4. The number of ether oxygens (including phenoxy) is 1. The highest BCUT2D eigenvalue weighted by Gasteiger charge is 2.30. The van der Waals surface area contributed by atoms with E-state index < -0.39 is 53.3 Å². The van der Waals surface area contributed by atoms with Crippen LogP contribution in [-0.2, 0) is 19.1 Å². The van der Waals surface area contributed by atoms with Gasteiger partial charge in [0.2, 0.25) is 17.5 Å². The molecule has 0 fully saturated rings. The number of halogens is 1. The van der Waals surface area contributed by atoms with Crippen molar-refractivity contribution in [1.29, 1.82) is 0 Å². The van der Waals surface area contributed by atoms with Crippen LogP contribution in [0, 0.1) is 0 Å². The Morgan fingerprint density at radius 3 is 2.38 bits per heavy atom. The van der Waals surface area contributed by atoms with E-state index in [1.54, 1.807) is 6.92 Å². The minimum atomic E-state index is -1.00. The van der Waals surface area contributed by atoms with Crippen molar-refractivity contribution in [3.05, 3.63) is 23.2 Å². The maximum Gasteiger partial charge on any atom is 0.239 e. The number of aliphatic hydroxyl groups is 2. The number of aliphatic hydroxyl groups excluding tert-OH is 2. The third-order valence-electron chi connectivity index (χ3n) is 3.08. The largest absolute Gasteiger partial charge is 0.504 e. The van der Waals surface area contributed by atoms with Crippen molar-refractivity contribution in [3.8, 4) is 0 Å². The average Bonchev–Trinajstić information content (AvgIpc) is 2.42. The van der Waals surface area contributed by atoms with E-state index in [2.05, 4.69) is 5.32 Å². The molecule has 1 aliphatic carbocycles. The Bertz CT molecular complexity index is 591. The number of nitrogens with one attached hydrogen (secondary N) is 1. The minimum Gasteiger partial charge on any atom is -0.504 e. The maximum atomic E-state index is 12.0. The molecule has 2 atom stereocenters. The molecule has 24 heavy (non-hydrogen) atoms. The molecule has 0 saturated carbocycles. The second kappa shape index (κ2) is 8.27. The van der Waals surface area contributed by atoms with Crippen LogP contribution in [-0.4, -0.2) is 52.0 Å². The van der Waals surface area contributed by atoms with Crippen molar-refractivity contribution < 1.29 is 29.3 Å². The summed E-state index contributed by atoms with van der Waals surface area (Å²) in [5.41, 5.74) is 4.90. The molecule has 1 rings (SSSR count). The van der Waals surface area contributed by atoms with Gasteiger partial charge < -0.3 is 26.0 Å². The number of amides is 1. The number of hydrogen-bond acceptors (Lipinski definition) is 7. The second-order valence-corrected chi connectivity index (χ2v) is 6.23. The van der Waals surface area contributed by atoms with Gasteiger partial charge >= 0.3 is 0 Å². The Morgan fingerprint density at radius 2 is 1.88 bits per heavy atom. The monoisotopic (exact) mass is 362 g/mol. The van der Waals surface area contributed by atoms with Crippen LogP contribution in [0.4, 0.5) is 0 Å².